The minimum Gasteiger partial charge on any atom is -0.334 e. The Morgan fingerprint density at radius 2 is 2.29 bits per heavy atom. The predicted molar refractivity (Wildman–Crippen MR) is 69.9 cm³/mol. The molecule has 0 amide bonds. The van der Waals surface area contributed by atoms with E-state index in [-0.39, 0.29) is 5.54 Å². The van der Waals surface area contributed by atoms with E-state index in [0.717, 1.165) is 18.1 Å². The van der Waals surface area contributed by atoms with E-state index in [1.165, 1.54) is 5.69 Å². The van der Waals surface area contributed by atoms with Crippen molar-refractivity contribution in [1.82, 2.24) is 19.9 Å². The first-order chi connectivity index (χ1) is 8.13. The molecule has 17 heavy (non-hydrogen) atoms. The number of thiazole rings is 1. The van der Waals surface area contributed by atoms with E-state index in [0.29, 0.717) is 0 Å². The van der Waals surface area contributed by atoms with Crippen molar-refractivity contribution in [3.05, 3.63) is 34.8 Å². The zero-order valence-electron chi connectivity index (χ0n) is 10.5. The van der Waals surface area contributed by atoms with E-state index >= 15 is 0 Å². The van der Waals surface area contributed by atoms with Gasteiger partial charge in [-0.2, -0.15) is 0 Å². The van der Waals surface area contributed by atoms with Gasteiger partial charge in [-0.3, -0.25) is 0 Å². The van der Waals surface area contributed by atoms with Gasteiger partial charge in [-0.15, -0.1) is 11.3 Å². The van der Waals surface area contributed by atoms with E-state index in [1.54, 1.807) is 11.3 Å². The molecule has 2 rings (SSSR count). The van der Waals surface area contributed by atoms with Gasteiger partial charge in [0.25, 0.3) is 0 Å². The zero-order valence-corrected chi connectivity index (χ0v) is 11.3. The summed E-state index contributed by atoms with van der Waals surface area (Å²) in [7, 11) is 0. The molecule has 0 aromatic carbocycles. The van der Waals surface area contributed by atoms with Crippen LogP contribution in [-0.4, -0.2) is 14.5 Å². The summed E-state index contributed by atoms with van der Waals surface area (Å²) < 4.78 is 2.14. The van der Waals surface area contributed by atoms with Gasteiger partial charge < -0.3 is 9.88 Å². The molecule has 0 atom stereocenters. The molecule has 0 bridgehead atoms. The number of nitrogens with zero attached hydrogens (tertiary/aromatic N) is 3. The van der Waals surface area contributed by atoms with Crippen LogP contribution < -0.4 is 5.32 Å². The minimum atomic E-state index is -0.100. The molecule has 0 saturated heterocycles. The molecule has 2 aromatic heterocycles. The van der Waals surface area contributed by atoms with Gasteiger partial charge in [0.2, 0.25) is 0 Å². The fourth-order valence-corrected chi connectivity index (χ4v) is 2.44. The van der Waals surface area contributed by atoms with E-state index in [2.05, 4.69) is 40.6 Å². The second-order valence-corrected chi connectivity index (χ2v) is 5.38. The molecule has 4 nitrogen and oxygen atoms in total. The highest BCUT2D eigenvalue weighted by Crippen LogP contribution is 2.22. The van der Waals surface area contributed by atoms with Crippen LogP contribution in [0.25, 0.3) is 0 Å². The van der Waals surface area contributed by atoms with Crippen LogP contribution in [0.15, 0.2) is 24.1 Å². The average molecular weight is 250 g/mol. The molecular weight excluding hydrogens is 232 g/mol. The first-order valence-electron chi connectivity index (χ1n) is 5.77. The van der Waals surface area contributed by atoms with Crippen LogP contribution in [0.2, 0.25) is 0 Å². The van der Waals surface area contributed by atoms with Crippen LogP contribution in [0.4, 0.5) is 0 Å². The molecule has 0 aliphatic rings. The quantitative estimate of drug-likeness (QED) is 0.886. The van der Waals surface area contributed by atoms with Crippen LogP contribution in [-0.2, 0) is 18.6 Å². The summed E-state index contributed by atoms with van der Waals surface area (Å²) in [5.74, 6) is 0. The normalized spacial score (nSPS) is 11.9. The van der Waals surface area contributed by atoms with Crippen molar-refractivity contribution < 1.29 is 0 Å². The third-order valence-electron chi connectivity index (χ3n) is 2.82. The van der Waals surface area contributed by atoms with Gasteiger partial charge in [-0.1, -0.05) is 0 Å². The number of hydrogen-bond acceptors (Lipinski definition) is 4. The zero-order chi connectivity index (χ0) is 12.3. The van der Waals surface area contributed by atoms with Crippen molar-refractivity contribution in [2.75, 3.05) is 0 Å². The average Bonchev–Trinajstić information content (AvgIpc) is 2.97. The summed E-state index contributed by atoms with van der Waals surface area (Å²) in [6, 6.07) is 0. The third kappa shape index (κ3) is 2.73. The maximum atomic E-state index is 4.36. The van der Waals surface area contributed by atoms with Gasteiger partial charge in [0.15, 0.2) is 0 Å². The van der Waals surface area contributed by atoms with Crippen LogP contribution >= 0.6 is 11.3 Å². The SMILES string of the molecule is CCn1cncc1CNC(C)(C)c1nccs1. The first-order valence-corrected chi connectivity index (χ1v) is 6.65. The summed E-state index contributed by atoms with van der Waals surface area (Å²) >= 11 is 1.68. The van der Waals surface area contributed by atoms with Crippen molar-refractivity contribution in [1.29, 1.82) is 0 Å². The molecule has 2 aromatic rings. The van der Waals surface area contributed by atoms with Crippen molar-refractivity contribution in [3.8, 4) is 0 Å². The van der Waals surface area contributed by atoms with Crippen molar-refractivity contribution in [2.24, 2.45) is 0 Å². The predicted octanol–water partition coefficient (Wildman–Crippen LogP) is 2.38. The molecule has 0 radical (unpaired) electrons. The summed E-state index contributed by atoms with van der Waals surface area (Å²) in [5, 5.41) is 6.65. The Morgan fingerprint density at radius 3 is 2.94 bits per heavy atom. The first kappa shape index (κ1) is 12.3. The van der Waals surface area contributed by atoms with Gasteiger partial charge in [0.1, 0.15) is 5.01 Å². The molecule has 0 aliphatic carbocycles. The van der Waals surface area contributed by atoms with E-state index < -0.39 is 0 Å². The van der Waals surface area contributed by atoms with Gasteiger partial charge in [0.05, 0.1) is 17.6 Å². The fourth-order valence-electron chi connectivity index (χ4n) is 1.70. The lowest BCUT2D eigenvalue weighted by Crippen LogP contribution is -2.36. The van der Waals surface area contributed by atoms with Crippen LogP contribution in [0.1, 0.15) is 31.5 Å². The smallest absolute Gasteiger partial charge is 0.112 e. The molecule has 5 heteroatoms. The lowest BCUT2D eigenvalue weighted by Gasteiger charge is -2.24. The number of aryl methyl sites for hydroxylation is 1. The molecule has 1 N–H and O–H groups in total. The highest BCUT2D eigenvalue weighted by atomic mass is 32.1. The largest absolute Gasteiger partial charge is 0.334 e. The number of rotatable bonds is 5. The molecule has 0 spiro atoms. The third-order valence-corrected chi connectivity index (χ3v) is 3.91. The molecule has 0 aliphatic heterocycles. The van der Waals surface area contributed by atoms with Gasteiger partial charge in [-0.25, -0.2) is 9.97 Å². The topological polar surface area (TPSA) is 42.7 Å². The van der Waals surface area contributed by atoms with Crippen molar-refractivity contribution in [3.63, 3.8) is 0 Å². The highest BCUT2D eigenvalue weighted by molar-refractivity contribution is 7.09. The Hall–Kier alpha value is -1.20. The molecule has 0 unspecified atom stereocenters. The molecule has 0 fully saturated rings. The summed E-state index contributed by atoms with van der Waals surface area (Å²) in [6.07, 6.45) is 5.63. The lowest BCUT2D eigenvalue weighted by atomic mass is 10.1. The second kappa shape index (κ2) is 4.98. The Bertz CT molecular complexity index is 459. The molecular formula is C12H18N4S. The summed E-state index contributed by atoms with van der Waals surface area (Å²) in [4.78, 5) is 8.53. The molecule has 0 saturated carbocycles. The van der Waals surface area contributed by atoms with Crippen LogP contribution in [0.3, 0.4) is 0 Å². The van der Waals surface area contributed by atoms with E-state index in [1.807, 2.05) is 24.1 Å². The van der Waals surface area contributed by atoms with Gasteiger partial charge in [-0.05, 0) is 20.8 Å². The number of hydrogen-bond donors (Lipinski definition) is 1. The fraction of sp³-hybridized carbons (Fsp3) is 0.500. The van der Waals surface area contributed by atoms with Crippen LogP contribution in [0.5, 0.6) is 0 Å². The van der Waals surface area contributed by atoms with E-state index in [4.69, 9.17) is 0 Å². The maximum absolute atomic E-state index is 4.36. The molecule has 2 heterocycles. The number of imidazole rings is 1. The maximum Gasteiger partial charge on any atom is 0.112 e. The van der Waals surface area contributed by atoms with Crippen LogP contribution in [0, 0.1) is 0 Å². The second-order valence-electron chi connectivity index (χ2n) is 4.49. The summed E-state index contributed by atoms with van der Waals surface area (Å²) in [5.41, 5.74) is 1.11. The minimum absolute atomic E-state index is 0.100. The lowest BCUT2D eigenvalue weighted by molar-refractivity contribution is 0.392. The Labute approximate surface area is 106 Å². The van der Waals surface area contributed by atoms with Crippen molar-refractivity contribution in [2.45, 2.75) is 39.4 Å². The molecule has 92 valence electrons. The number of aromatic nitrogens is 3. The van der Waals surface area contributed by atoms with E-state index in [9.17, 15) is 0 Å². The Kier molecular flexibility index (Phi) is 3.59. The van der Waals surface area contributed by atoms with Crippen molar-refractivity contribution >= 4 is 11.3 Å². The summed E-state index contributed by atoms with van der Waals surface area (Å²) in [6.45, 7) is 8.18. The Morgan fingerprint density at radius 1 is 1.47 bits per heavy atom. The monoisotopic (exact) mass is 250 g/mol. The standard InChI is InChI=1S/C12H18N4S/c1-4-16-9-13-7-10(16)8-15-12(2,3)11-14-5-6-17-11/h5-7,9,15H,4,8H2,1-3H3. The van der Waals surface area contributed by atoms with Gasteiger partial charge >= 0.3 is 0 Å². The van der Waals surface area contributed by atoms with Gasteiger partial charge in [0, 0.05) is 30.9 Å². The highest BCUT2D eigenvalue weighted by Gasteiger charge is 2.22. The number of nitrogens with one attached hydrogen (secondary N) is 1. The Balaban J connectivity index is 2.03.